The maximum absolute atomic E-state index is 12.2. The molecule has 2 amide bonds. The summed E-state index contributed by atoms with van der Waals surface area (Å²) in [5.41, 5.74) is 6.43. The van der Waals surface area contributed by atoms with Crippen LogP contribution in [0.4, 0.5) is 0 Å². The number of thioether (sulfide) groups is 1. The number of rotatable bonds is 5. The van der Waals surface area contributed by atoms with E-state index >= 15 is 0 Å². The molecule has 10 heteroatoms. The summed E-state index contributed by atoms with van der Waals surface area (Å²) >= 11 is 13.0. The van der Waals surface area contributed by atoms with Gasteiger partial charge in [0.2, 0.25) is 5.91 Å². The molecule has 0 aliphatic heterocycles. The molecule has 0 unspecified atom stereocenters. The Kier molecular flexibility index (Phi) is 6.10. The van der Waals surface area contributed by atoms with Gasteiger partial charge in [0, 0.05) is 10.0 Å². The first-order valence-corrected chi connectivity index (χ1v) is 9.41. The van der Waals surface area contributed by atoms with Crippen LogP contribution >= 0.6 is 35.0 Å². The maximum Gasteiger partial charge on any atom is 0.273 e. The number of carbonyl (C=O) groups excluding carboxylic acids is 2. The highest BCUT2D eigenvalue weighted by molar-refractivity contribution is 7.99. The number of carbonyl (C=O) groups is 2. The summed E-state index contributed by atoms with van der Waals surface area (Å²) in [7, 11) is 1.44. The molecule has 1 aromatic heterocycles. The molecule has 0 aliphatic carbocycles. The van der Waals surface area contributed by atoms with Gasteiger partial charge in [-0.2, -0.15) is 0 Å². The van der Waals surface area contributed by atoms with Crippen LogP contribution in [0.1, 0.15) is 10.4 Å². The molecule has 7 nitrogen and oxygen atoms in total. The van der Waals surface area contributed by atoms with Gasteiger partial charge < -0.3 is 9.72 Å². The number of aromatic nitrogens is 2. The molecule has 0 saturated carbocycles. The number of nitrogens with zero attached hydrogens (tertiary/aromatic N) is 1. The van der Waals surface area contributed by atoms with Crippen LogP contribution in [-0.2, 0) is 4.79 Å². The predicted octanol–water partition coefficient (Wildman–Crippen LogP) is 3.43. The minimum atomic E-state index is -0.536. The molecule has 2 aromatic carbocycles. The van der Waals surface area contributed by atoms with E-state index < -0.39 is 11.8 Å². The molecule has 3 N–H and O–H groups in total. The molecule has 0 fully saturated rings. The number of nitrogens with one attached hydrogen (secondary N) is 3. The van der Waals surface area contributed by atoms with Crippen LogP contribution in [0.3, 0.4) is 0 Å². The van der Waals surface area contributed by atoms with Crippen LogP contribution in [0.25, 0.3) is 11.0 Å². The van der Waals surface area contributed by atoms with Crippen LogP contribution in [0.2, 0.25) is 10.0 Å². The van der Waals surface area contributed by atoms with Crippen LogP contribution in [0.15, 0.2) is 41.6 Å². The van der Waals surface area contributed by atoms with E-state index in [2.05, 4.69) is 20.8 Å². The second kappa shape index (κ2) is 8.51. The average molecular weight is 425 g/mol. The third-order valence-electron chi connectivity index (χ3n) is 3.48. The van der Waals surface area contributed by atoms with Crippen molar-refractivity contribution in [1.29, 1.82) is 0 Å². The van der Waals surface area contributed by atoms with Crippen LogP contribution in [0.5, 0.6) is 5.75 Å². The predicted molar refractivity (Wildman–Crippen MR) is 105 cm³/mol. The zero-order valence-electron chi connectivity index (χ0n) is 14.0. The van der Waals surface area contributed by atoms with Gasteiger partial charge in [0.25, 0.3) is 5.91 Å². The normalized spacial score (nSPS) is 10.6. The quantitative estimate of drug-likeness (QED) is 0.430. The standard InChI is InChI=1S/C17H14Cl2N4O3S/c1-26-14-5-3-9(18)6-11(14)16(25)23-22-15(24)8-27-17-20-12-4-2-10(19)7-13(12)21-17/h2-7H,8H2,1H3,(H,20,21)(H,22,24)(H,23,25). The number of benzene rings is 2. The van der Waals surface area contributed by atoms with Gasteiger partial charge in [0.1, 0.15) is 5.75 Å². The Balaban J connectivity index is 1.54. The van der Waals surface area contributed by atoms with Crippen molar-refractivity contribution in [3.05, 3.63) is 52.0 Å². The molecule has 3 rings (SSSR count). The Labute approximate surface area is 168 Å². The largest absolute Gasteiger partial charge is 0.496 e. The Hall–Kier alpha value is -2.42. The molecule has 1 heterocycles. The second-order valence-electron chi connectivity index (χ2n) is 5.34. The summed E-state index contributed by atoms with van der Waals surface area (Å²) in [5, 5.41) is 1.55. The van der Waals surface area contributed by atoms with E-state index in [1.54, 1.807) is 30.3 Å². The number of hydrazine groups is 1. The molecule has 27 heavy (non-hydrogen) atoms. The summed E-state index contributed by atoms with van der Waals surface area (Å²) in [4.78, 5) is 31.6. The Morgan fingerprint density at radius 2 is 1.89 bits per heavy atom. The summed E-state index contributed by atoms with van der Waals surface area (Å²) in [6, 6.07) is 9.92. The molecule has 0 aliphatic rings. The topological polar surface area (TPSA) is 96.1 Å². The number of hydrogen-bond acceptors (Lipinski definition) is 5. The summed E-state index contributed by atoms with van der Waals surface area (Å²) in [6.07, 6.45) is 0. The number of imidazole rings is 1. The van der Waals surface area contributed by atoms with Crippen molar-refractivity contribution in [2.24, 2.45) is 0 Å². The maximum atomic E-state index is 12.2. The Morgan fingerprint density at radius 1 is 1.15 bits per heavy atom. The molecule has 0 radical (unpaired) electrons. The molecular formula is C17H14Cl2N4O3S. The van der Waals surface area contributed by atoms with E-state index in [4.69, 9.17) is 27.9 Å². The fourth-order valence-corrected chi connectivity index (χ4v) is 3.28. The third kappa shape index (κ3) is 4.85. The first-order chi connectivity index (χ1) is 13.0. The zero-order chi connectivity index (χ0) is 19.4. The van der Waals surface area contributed by atoms with Gasteiger partial charge in [0.15, 0.2) is 5.16 Å². The minimum Gasteiger partial charge on any atom is -0.496 e. The SMILES string of the molecule is COc1ccc(Cl)cc1C(=O)NNC(=O)CSc1nc2ccc(Cl)cc2[nH]1. The Morgan fingerprint density at radius 3 is 2.67 bits per heavy atom. The van der Waals surface area contributed by atoms with E-state index in [9.17, 15) is 9.59 Å². The van der Waals surface area contributed by atoms with Gasteiger partial charge in [-0.1, -0.05) is 35.0 Å². The number of fused-ring (bicyclic) bond motifs is 1. The molecule has 0 saturated heterocycles. The summed E-state index contributed by atoms with van der Waals surface area (Å²) in [6.45, 7) is 0. The lowest BCUT2D eigenvalue weighted by Gasteiger charge is -2.10. The van der Waals surface area contributed by atoms with Crippen molar-refractivity contribution < 1.29 is 14.3 Å². The molecule has 3 aromatic rings. The van der Waals surface area contributed by atoms with Gasteiger partial charge in [0.05, 0.1) is 29.5 Å². The molecule has 0 atom stereocenters. The third-order valence-corrected chi connectivity index (χ3v) is 4.83. The number of H-pyrrole nitrogens is 1. The number of halogens is 2. The van der Waals surface area contributed by atoms with Crippen molar-refractivity contribution in [1.82, 2.24) is 20.8 Å². The fourth-order valence-electron chi connectivity index (χ4n) is 2.25. The highest BCUT2D eigenvalue weighted by Gasteiger charge is 2.14. The molecule has 140 valence electrons. The summed E-state index contributed by atoms with van der Waals surface area (Å²) < 4.78 is 5.11. The van der Waals surface area contributed by atoms with E-state index in [0.717, 1.165) is 11.0 Å². The highest BCUT2D eigenvalue weighted by atomic mass is 35.5. The smallest absolute Gasteiger partial charge is 0.273 e. The van der Waals surface area contributed by atoms with E-state index in [0.29, 0.717) is 21.0 Å². The van der Waals surface area contributed by atoms with Gasteiger partial charge >= 0.3 is 0 Å². The fraction of sp³-hybridized carbons (Fsp3) is 0.118. The Bertz CT molecular complexity index is 1010. The van der Waals surface area contributed by atoms with Crippen molar-refractivity contribution in [3.63, 3.8) is 0 Å². The molecule has 0 bridgehead atoms. The van der Waals surface area contributed by atoms with E-state index in [-0.39, 0.29) is 11.3 Å². The monoisotopic (exact) mass is 424 g/mol. The molecular weight excluding hydrogens is 411 g/mol. The lowest BCUT2D eigenvalue weighted by atomic mass is 10.2. The zero-order valence-corrected chi connectivity index (χ0v) is 16.3. The highest BCUT2D eigenvalue weighted by Crippen LogP contribution is 2.23. The lowest BCUT2D eigenvalue weighted by molar-refractivity contribution is -0.119. The first-order valence-electron chi connectivity index (χ1n) is 7.67. The van der Waals surface area contributed by atoms with Crippen molar-refractivity contribution in [2.75, 3.05) is 12.9 Å². The lowest BCUT2D eigenvalue weighted by Crippen LogP contribution is -2.42. The number of amides is 2. The average Bonchev–Trinajstić information content (AvgIpc) is 3.06. The van der Waals surface area contributed by atoms with Gasteiger partial charge in [-0.3, -0.25) is 20.4 Å². The number of hydrogen-bond donors (Lipinski definition) is 3. The van der Waals surface area contributed by atoms with Crippen molar-refractivity contribution >= 4 is 57.8 Å². The number of aromatic amines is 1. The van der Waals surface area contributed by atoms with Gasteiger partial charge in [-0.25, -0.2) is 4.98 Å². The van der Waals surface area contributed by atoms with Crippen LogP contribution in [-0.4, -0.2) is 34.6 Å². The second-order valence-corrected chi connectivity index (χ2v) is 7.18. The number of ether oxygens (including phenoxy) is 1. The number of methoxy groups -OCH3 is 1. The van der Waals surface area contributed by atoms with E-state index in [1.807, 2.05) is 0 Å². The van der Waals surface area contributed by atoms with Crippen LogP contribution < -0.4 is 15.6 Å². The molecule has 0 spiro atoms. The van der Waals surface area contributed by atoms with Gasteiger partial charge in [-0.05, 0) is 36.4 Å². The van der Waals surface area contributed by atoms with Gasteiger partial charge in [-0.15, -0.1) is 0 Å². The van der Waals surface area contributed by atoms with Crippen LogP contribution in [0, 0.1) is 0 Å². The summed E-state index contributed by atoms with van der Waals surface area (Å²) in [5.74, 6) is -0.527. The van der Waals surface area contributed by atoms with Crippen molar-refractivity contribution in [2.45, 2.75) is 5.16 Å². The van der Waals surface area contributed by atoms with Crippen molar-refractivity contribution in [3.8, 4) is 5.75 Å². The van der Waals surface area contributed by atoms with E-state index in [1.165, 1.54) is 24.9 Å². The minimum absolute atomic E-state index is 0.0561. The first kappa shape index (κ1) is 19.3.